The predicted molar refractivity (Wildman–Crippen MR) is 72.5 cm³/mol. The van der Waals surface area contributed by atoms with Crippen LogP contribution < -0.4 is 0 Å². The number of likely N-dealkylation sites (tertiary alicyclic amines) is 1. The van der Waals surface area contributed by atoms with Crippen molar-refractivity contribution in [1.82, 2.24) is 4.90 Å². The van der Waals surface area contributed by atoms with Gasteiger partial charge in [-0.3, -0.25) is 0 Å². The van der Waals surface area contributed by atoms with Gasteiger partial charge < -0.3 is 4.90 Å². The molecular formula is C16H21N. The van der Waals surface area contributed by atoms with Gasteiger partial charge in [-0.05, 0) is 43.9 Å². The molecule has 2 atom stereocenters. The molecule has 1 aliphatic heterocycles. The van der Waals surface area contributed by atoms with Crippen molar-refractivity contribution >= 4 is 0 Å². The van der Waals surface area contributed by atoms with Crippen molar-refractivity contribution in [3.8, 4) is 0 Å². The quantitative estimate of drug-likeness (QED) is 0.660. The largest absolute Gasteiger partial charge is 0.377 e. The molecule has 17 heavy (non-hydrogen) atoms. The summed E-state index contributed by atoms with van der Waals surface area (Å²) in [5.41, 5.74) is 3.39. The lowest BCUT2D eigenvalue weighted by molar-refractivity contribution is 0.259. The molecule has 0 aromatic heterocycles. The standard InChI is InChI=1S/C16H21N/c1-2-10-17-11-9-16-14(12-17)8-7-13-5-3-4-6-15(13)16/h2-6,10,13-14H,7-9,11-12H2,1H3. The van der Waals surface area contributed by atoms with Crippen LogP contribution in [0.2, 0.25) is 0 Å². The molecule has 0 N–H and O–H groups in total. The average Bonchev–Trinajstić information content (AvgIpc) is 2.39. The van der Waals surface area contributed by atoms with Crippen LogP contribution in [0.25, 0.3) is 0 Å². The fourth-order valence-electron chi connectivity index (χ4n) is 3.51. The fraction of sp³-hybridized carbons (Fsp3) is 0.500. The van der Waals surface area contributed by atoms with Gasteiger partial charge in [0, 0.05) is 19.0 Å². The van der Waals surface area contributed by atoms with Crippen molar-refractivity contribution in [2.45, 2.75) is 26.2 Å². The van der Waals surface area contributed by atoms with Crippen molar-refractivity contribution in [1.29, 1.82) is 0 Å². The van der Waals surface area contributed by atoms with E-state index in [-0.39, 0.29) is 0 Å². The molecule has 0 amide bonds. The molecule has 90 valence electrons. The molecule has 3 aliphatic rings. The molecule has 0 aromatic carbocycles. The Kier molecular flexibility index (Phi) is 2.92. The van der Waals surface area contributed by atoms with Crippen LogP contribution in [0, 0.1) is 11.8 Å². The van der Waals surface area contributed by atoms with Crippen LogP contribution in [-0.4, -0.2) is 18.0 Å². The van der Waals surface area contributed by atoms with Crippen LogP contribution in [0.15, 0.2) is 47.7 Å². The first-order chi connectivity index (χ1) is 8.38. The highest BCUT2D eigenvalue weighted by molar-refractivity contribution is 5.40. The van der Waals surface area contributed by atoms with E-state index in [0.717, 1.165) is 11.8 Å². The Morgan fingerprint density at radius 1 is 1.29 bits per heavy atom. The van der Waals surface area contributed by atoms with E-state index in [1.54, 1.807) is 11.1 Å². The van der Waals surface area contributed by atoms with E-state index in [0.29, 0.717) is 0 Å². The Morgan fingerprint density at radius 2 is 2.24 bits per heavy atom. The minimum Gasteiger partial charge on any atom is -0.377 e. The van der Waals surface area contributed by atoms with Gasteiger partial charge in [0.25, 0.3) is 0 Å². The van der Waals surface area contributed by atoms with E-state index >= 15 is 0 Å². The zero-order chi connectivity index (χ0) is 11.7. The van der Waals surface area contributed by atoms with Crippen LogP contribution in [0.4, 0.5) is 0 Å². The smallest absolute Gasteiger partial charge is 0.0238 e. The van der Waals surface area contributed by atoms with Gasteiger partial charge in [-0.15, -0.1) is 0 Å². The molecule has 0 saturated carbocycles. The van der Waals surface area contributed by atoms with E-state index in [1.807, 2.05) is 0 Å². The van der Waals surface area contributed by atoms with Gasteiger partial charge in [-0.2, -0.15) is 0 Å². The normalized spacial score (nSPS) is 31.9. The van der Waals surface area contributed by atoms with Gasteiger partial charge in [-0.1, -0.05) is 36.0 Å². The minimum atomic E-state index is 0.722. The molecule has 0 aromatic rings. The predicted octanol–water partition coefficient (Wildman–Crippen LogP) is 3.67. The monoisotopic (exact) mass is 227 g/mol. The first-order valence-electron chi connectivity index (χ1n) is 6.83. The Balaban J connectivity index is 1.85. The second-order valence-electron chi connectivity index (χ2n) is 5.33. The summed E-state index contributed by atoms with van der Waals surface area (Å²) >= 11 is 0. The number of piperidine rings is 1. The van der Waals surface area contributed by atoms with Gasteiger partial charge in [-0.25, -0.2) is 0 Å². The van der Waals surface area contributed by atoms with Crippen LogP contribution in [0.3, 0.4) is 0 Å². The summed E-state index contributed by atoms with van der Waals surface area (Å²) in [6.45, 7) is 4.54. The lowest BCUT2D eigenvalue weighted by Crippen LogP contribution is -2.36. The van der Waals surface area contributed by atoms with E-state index in [9.17, 15) is 0 Å². The summed E-state index contributed by atoms with van der Waals surface area (Å²) in [6.07, 6.45) is 17.6. The highest BCUT2D eigenvalue weighted by atomic mass is 15.1. The van der Waals surface area contributed by atoms with Crippen molar-refractivity contribution in [2.24, 2.45) is 11.8 Å². The first kappa shape index (κ1) is 10.9. The van der Waals surface area contributed by atoms with Crippen LogP contribution in [-0.2, 0) is 0 Å². The maximum absolute atomic E-state index is 2.48. The second-order valence-corrected chi connectivity index (χ2v) is 5.33. The number of nitrogens with zero attached hydrogens (tertiary/aromatic N) is 1. The number of hydrogen-bond donors (Lipinski definition) is 0. The maximum Gasteiger partial charge on any atom is 0.0238 e. The Bertz CT molecular complexity index is 411. The van der Waals surface area contributed by atoms with Crippen LogP contribution in [0.1, 0.15) is 26.2 Å². The third-order valence-corrected chi connectivity index (χ3v) is 4.30. The first-order valence-corrected chi connectivity index (χ1v) is 6.83. The van der Waals surface area contributed by atoms with Crippen LogP contribution >= 0.6 is 0 Å². The summed E-state index contributed by atoms with van der Waals surface area (Å²) in [5, 5.41) is 0. The Labute approximate surface area is 104 Å². The summed E-state index contributed by atoms with van der Waals surface area (Å²) in [6, 6.07) is 0. The van der Waals surface area contributed by atoms with Gasteiger partial charge in [0.2, 0.25) is 0 Å². The Morgan fingerprint density at radius 3 is 3.12 bits per heavy atom. The third kappa shape index (κ3) is 1.99. The molecule has 0 spiro atoms. The number of fused-ring (bicyclic) bond motifs is 2. The van der Waals surface area contributed by atoms with E-state index < -0.39 is 0 Å². The SMILES string of the molecule is CC=CN1CCC2=C3C=CC=CC3CCC2C1. The van der Waals surface area contributed by atoms with E-state index in [2.05, 4.69) is 48.4 Å². The Hall–Kier alpha value is -1.24. The van der Waals surface area contributed by atoms with Crippen molar-refractivity contribution < 1.29 is 0 Å². The third-order valence-electron chi connectivity index (χ3n) is 4.30. The molecule has 1 saturated heterocycles. The van der Waals surface area contributed by atoms with Crippen molar-refractivity contribution in [2.75, 3.05) is 13.1 Å². The number of rotatable bonds is 1. The number of allylic oxidation sites excluding steroid dienone is 6. The lowest BCUT2D eigenvalue weighted by Gasteiger charge is -2.40. The topological polar surface area (TPSA) is 3.24 Å². The van der Waals surface area contributed by atoms with Gasteiger partial charge in [0.15, 0.2) is 0 Å². The minimum absolute atomic E-state index is 0.722. The maximum atomic E-state index is 2.48. The van der Waals surface area contributed by atoms with Gasteiger partial charge in [0.1, 0.15) is 0 Å². The molecule has 1 heterocycles. The second kappa shape index (κ2) is 4.56. The zero-order valence-electron chi connectivity index (χ0n) is 10.6. The zero-order valence-corrected chi connectivity index (χ0v) is 10.6. The summed E-state index contributed by atoms with van der Waals surface area (Å²) in [4.78, 5) is 2.48. The molecule has 1 nitrogen and oxygen atoms in total. The van der Waals surface area contributed by atoms with Crippen molar-refractivity contribution in [3.05, 3.63) is 47.7 Å². The van der Waals surface area contributed by atoms with E-state index in [1.165, 1.54) is 32.4 Å². The molecule has 3 rings (SSSR count). The molecule has 2 aliphatic carbocycles. The van der Waals surface area contributed by atoms with E-state index in [4.69, 9.17) is 0 Å². The highest BCUT2D eigenvalue weighted by Gasteiger charge is 2.31. The molecule has 0 bridgehead atoms. The molecular weight excluding hydrogens is 206 g/mol. The average molecular weight is 227 g/mol. The highest BCUT2D eigenvalue weighted by Crippen LogP contribution is 2.41. The molecule has 1 fully saturated rings. The summed E-state index contributed by atoms with van der Waals surface area (Å²) in [7, 11) is 0. The molecule has 0 radical (unpaired) electrons. The van der Waals surface area contributed by atoms with Gasteiger partial charge in [0.05, 0.1) is 0 Å². The molecule has 2 unspecified atom stereocenters. The summed E-state index contributed by atoms with van der Waals surface area (Å²) in [5.74, 6) is 1.53. The number of hydrogen-bond acceptors (Lipinski definition) is 1. The summed E-state index contributed by atoms with van der Waals surface area (Å²) < 4.78 is 0. The van der Waals surface area contributed by atoms with Crippen molar-refractivity contribution in [3.63, 3.8) is 0 Å². The molecule has 1 heteroatoms. The van der Waals surface area contributed by atoms with Gasteiger partial charge >= 0.3 is 0 Å². The fourth-order valence-corrected chi connectivity index (χ4v) is 3.51. The lowest BCUT2D eigenvalue weighted by atomic mass is 9.72. The van der Waals surface area contributed by atoms with Crippen LogP contribution in [0.5, 0.6) is 0 Å².